The summed E-state index contributed by atoms with van der Waals surface area (Å²) in [5.41, 5.74) is -1.53. The molecule has 0 radical (unpaired) electrons. The number of aliphatic hydroxyl groups is 1. The lowest BCUT2D eigenvalue weighted by Gasteiger charge is -2.15. The normalized spacial score (nSPS) is 13.9. The molecule has 19 heavy (non-hydrogen) atoms. The smallest absolute Gasteiger partial charge is 0.424 e. The first-order valence-corrected chi connectivity index (χ1v) is 5.29. The minimum absolute atomic E-state index is 0.0221. The summed E-state index contributed by atoms with van der Waals surface area (Å²) in [6.07, 6.45) is -7.11. The summed E-state index contributed by atoms with van der Waals surface area (Å²) in [6, 6.07) is 0. The average molecular weight is 282 g/mol. The van der Waals surface area contributed by atoms with Crippen LogP contribution < -0.4 is 10.1 Å². The second-order valence-electron chi connectivity index (χ2n) is 4.39. The van der Waals surface area contributed by atoms with Crippen LogP contribution in [0.2, 0.25) is 0 Å². The van der Waals surface area contributed by atoms with E-state index in [1.807, 2.05) is 0 Å². The third kappa shape index (κ3) is 3.24. The van der Waals surface area contributed by atoms with Crippen molar-refractivity contribution in [1.82, 2.24) is 9.63 Å². The SMILES string of the molecule is CN(C)Cc1c(=O)n(O)cc(C(O)C(F)(F)F)[n+]1C. The number of hydrogen-bond acceptors (Lipinski definition) is 4. The van der Waals surface area contributed by atoms with Gasteiger partial charge in [0.25, 0.3) is 5.69 Å². The van der Waals surface area contributed by atoms with Gasteiger partial charge in [-0.3, -0.25) is 9.69 Å². The summed E-state index contributed by atoms with van der Waals surface area (Å²) < 4.78 is 38.5. The van der Waals surface area contributed by atoms with E-state index >= 15 is 0 Å². The Morgan fingerprint density at radius 3 is 2.42 bits per heavy atom. The van der Waals surface area contributed by atoms with Crippen LogP contribution in [0.4, 0.5) is 13.2 Å². The van der Waals surface area contributed by atoms with Gasteiger partial charge < -0.3 is 10.3 Å². The van der Waals surface area contributed by atoms with Crippen LogP contribution in [0.1, 0.15) is 17.5 Å². The van der Waals surface area contributed by atoms with Gasteiger partial charge in [-0.05, 0) is 14.1 Å². The van der Waals surface area contributed by atoms with Gasteiger partial charge in [-0.15, -0.1) is 4.73 Å². The predicted octanol–water partition coefficient (Wildman–Crippen LogP) is -0.433. The number of nitrogens with zero attached hydrogens (tertiary/aromatic N) is 3. The average Bonchev–Trinajstić information content (AvgIpc) is 2.27. The zero-order valence-electron chi connectivity index (χ0n) is 10.6. The molecule has 0 fully saturated rings. The van der Waals surface area contributed by atoms with Crippen LogP contribution in [0.25, 0.3) is 0 Å². The lowest BCUT2D eigenvalue weighted by molar-refractivity contribution is -0.695. The molecule has 108 valence electrons. The number of aromatic nitrogens is 2. The van der Waals surface area contributed by atoms with Gasteiger partial charge in [-0.2, -0.15) is 17.7 Å². The zero-order chi connectivity index (χ0) is 15.0. The van der Waals surface area contributed by atoms with Gasteiger partial charge in [0.1, 0.15) is 13.2 Å². The van der Waals surface area contributed by atoms with E-state index in [1.165, 1.54) is 7.05 Å². The Morgan fingerprint density at radius 2 is 2.00 bits per heavy atom. The quantitative estimate of drug-likeness (QED) is 0.583. The minimum Gasteiger partial charge on any atom is -0.425 e. The van der Waals surface area contributed by atoms with Gasteiger partial charge in [0, 0.05) is 0 Å². The zero-order valence-corrected chi connectivity index (χ0v) is 10.6. The molecule has 6 nitrogen and oxygen atoms in total. The lowest BCUT2D eigenvalue weighted by atomic mass is 10.2. The monoisotopic (exact) mass is 282 g/mol. The second-order valence-corrected chi connectivity index (χ2v) is 4.39. The van der Waals surface area contributed by atoms with Crippen LogP contribution in [0.5, 0.6) is 0 Å². The number of rotatable bonds is 3. The van der Waals surface area contributed by atoms with Gasteiger partial charge in [0.05, 0.1) is 6.54 Å². The molecule has 0 bridgehead atoms. The molecule has 0 aromatic carbocycles. The number of hydrogen-bond donors (Lipinski definition) is 2. The first kappa shape index (κ1) is 15.4. The molecular formula is C10H15F3N3O3+. The molecule has 0 aliphatic heterocycles. The van der Waals surface area contributed by atoms with Crippen molar-refractivity contribution in [2.75, 3.05) is 14.1 Å². The Hall–Kier alpha value is -1.61. The highest BCUT2D eigenvalue weighted by atomic mass is 19.4. The van der Waals surface area contributed by atoms with Crippen molar-refractivity contribution < 1.29 is 28.1 Å². The third-order valence-electron chi connectivity index (χ3n) is 2.56. The molecule has 1 aromatic heterocycles. The third-order valence-corrected chi connectivity index (χ3v) is 2.56. The summed E-state index contributed by atoms with van der Waals surface area (Å²) in [5, 5.41) is 18.6. The van der Waals surface area contributed by atoms with E-state index in [2.05, 4.69) is 0 Å². The van der Waals surface area contributed by atoms with Gasteiger partial charge in [0.15, 0.2) is 0 Å². The molecule has 0 aliphatic rings. The topological polar surface area (TPSA) is 69.6 Å². The number of aliphatic hydroxyl groups excluding tert-OH is 1. The fraction of sp³-hybridized carbons (Fsp3) is 0.600. The standard InChI is InChI=1S/C10H15F3N3O3/c1-14(2)4-7-9(18)16(19)5-6(15(7)3)8(17)10(11,12)13/h5,8,17,19H,4H2,1-3H3/q+1. The second kappa shape index (κ2) is 5.17. The van der Waals surface area contributed by atoms with Crippen LogP contribution in [-0.2, 0) is 13.6 Å². The van der Waals surface area contributed by atoms with Crippen LogP contribution >= 0.6 is 0 Å². The first-order chi connectivity index (χ1) is 8.55. The lowest BCUT2D eigenvalue weighted by Crippen LogP contribution is -2.50. The van der Waals surface area contributed by atoms with Crippen molar-refractivity contribution in [1.29, 1.82) is 0 Å². The highest BCUT2D eigenvalue weighted by Crippen LogP contribution is 2.30. The molecule has 2 N–H and O–H groups in total. The fourth-order valence-electron chi connectivity index (χ4n) is 1.60. The highest BCUT2D eigenvalue weighted by molar-refractivity contribution is 5.00. The molecule has 9 heteroatoms. The Balaban J connectivity index is 3.44. The Bertz CT molecular complexity index is 525. The molecule has 0 aliphatic carbocycles. The van der Waals surface area contributed by atoms with Gasteiger partial charge in [-0.25, -0.2) is 0 Å². The molecule has 0 spiro atoms. The number of alkyl halides is 3. The van der Waals surface area contributed by atoms with Crippen molar-refractivity contribution in [3.8, 4) is 0 Å². The van der Waals surface area contributed by atoms with Gasteiger partial charge in [0.2, 0.25) is 11.8 Å². The Labute approximate surface area is 106 Å². The van der Waals surface area contributed by atoms with E-state index in [0.29, 0.717) is 6.20 Å². The molecule has 1 atom stereocenters. The van der Waals surface area contributed by atoms with Crippen LogP contribution in [0.15, 0.2) is 11.0 Å². The van der Waals surface area contributed by atoms with E-state index in [9.17, 15) is 28.3 Å². The van der Waals surface area contributed by atoms with Crippen molar-refractivity contribution in [2.24, 2.45) is 7.05 Å². The Morgan fingerprint density at radius 1 is 1.47 bits per heavy atom. The summed E-state index contributed by atoms with van der Waals surface area (Å²) in [6.45, 7) is 0.0221. The van der Waals surface area contributed by atoms with Gasteiger partial charge >= 0.3 is 11.7 Å². The van der Waals surface area contributed by atoms with Crippen LogP contribution in [0.3, 0.4) is 0 Å². The first-order valence-electron chi connectivity index (χ1n) is 5.29. The van der Waals surface area contributed by atoms with Crippen molar-refractivity contribution >= 4 is 0 Å². The van der Waals surface area contributed by atoms with Crippen molar-refractivity contribution in [3.05, 3.63) is 27.9 Å². The molecule has 1 aromatic rings. The van der Waals surface area contributed by atoms with Crippen LogP contribution in [-0.4, -0.2) is 40.2 Å². The summed E-state index contributed by atoms with van der Waals surface area (Å²) in [4.78, 5) is 13.2. The molecule has 1 heterocycles. The molecule has 0 saturated carbocycles. The molecule has 1 unspecified atom stereocenters. The summed E-state index contributed by atoms with van der Waals surface area (Å²) in [5.74, 6) is 0. The van der Waals surface area contributed by atoms with Crippen LogP contribution in [0, 0.1) is 0 Å². The minimum atomic E-state index is -4.88. The maximum Gasteiger partial charge on any atom is 0.424 e. The van der Waals surface area contributed by atoms with Gasteiger partial charge in [-0.1, -0.05) is 0 Å². The van der Waals surface area contributed by atoms with E-state index in [1.54, 1.807) is 19.0 Å². The Kier molecular flexibility index (Phi) is 4.21. The van der Waals surface area contributed by atoms with Crippen molar-refractivity contribution in [2.45, 2.75) is 18.8 Å². The predicted molar refractivity (Wildman–Crippen MR) is 57.5 cm³/mol. The maximum atomic E-state index is 12.5. The van der Waals surface area contributed by atoms with E-state index in [4.69, 9.17) is 0 Å². The fourth-order valence-corrected chi connectivity index (χ4v) is 1.60. The summed E-state index contributed by atoms with van der Waals surface area (Å²) in [7, 11) is 4.46. The molecule has 0 amide bonds. The highest BCUT2D eigenvalue weighted by Gasteiger charge is 2.45. The van der Waals surface area contributed by atoms with E-state index < -0.39 is 23.5 Å². The van der Waals surface area contributed by atoms with E-state index in [0.717, 1.165) is 4.57 Å². The summed E-state index contributed by atoms with van der Waals surface area (Å²) >= 11 is 0. The molecule has 0 saturated heterocycles. The number of halogens is 3. The molecule has 1 rings (SSSR count). The maximum absolute atomic E-state index is 12.5. The largest absolute Gasteiger partial charge is 0.425 e. The van der Waals surface area contributed by atoms with E-state index in [-0.39, 0.29) is 17.0 Å². The molecular weight excluding hydrogens is 267 g/mol. The van der Waals surface area contributed by atoms with Crippen molar-refractivity contribution in [3.63, 3.8) is 0 Å².